The fraction of sp³-hybridized carbons (Fsp3) is 0.478. The van der Waals surface area contributed by atoms with Crippen LogP contribution in [0.25, 0.3) is 0 Å². The number of aromatic nitrogens is 1. The monoisotopic (exact) mass is 436 g/mol. The zero-order valence-corrected chi connectivity index (χ0v) is 18.6. The van der Waals surface area contributed by atoms with E-state index in [1.165, 1.54) is 35.0 Å². The van der Waals surface area contributed by atoms with E-state index in [0.717, 1.165) is 62.6 Å². The fourth-order valence-electron chi connectivity index (χ4n) is 4.23. The number of thiophene rings is 1. The smallest absolute Gasteiger partial charge is 0.235 e. The summed E-state index contributed by atoms with van der Waals surface area (Å²) >= 11 is 2.86. The molecule has 7 heteroatoms. The molecule has 0 saturated carbocycles. The van der Waals surface area contributed by atoms with Crippen molar-refractivity contribution >= 4 is 34.0 Å². The molecule has 1 N–H and O–H groups in total. The fourth-order valence-corrected chi connectivity index (χ4v) is 6.26. The first-order valence-corrected chi connectivity index (χ1v) is 12.4. The van der Waals surface area contributed by atoms with Crippen LogP contribution >= 0.6 is 23.1 Å². The molecule has 1 amide bonds. The number of aryl methyl sites for hydroxylation is 3. The van der Waals surface area contributed by atoms with Crippen molar-refractivity contribution in [3.8, 4) is 12.1 Å². The second-order valence-corrected chi connectivity index (χ2v) is 9.91. The van der Waals surface area contributed by atoms with Crippen LogP contribution < -0.4 is 5.32 Å². The van der Waals surface area contributed by atoms with Gasteiger partial charge in [0.1, 0.15) is 22.2 Å². The third-order valence-corrected chi connectivity index (χ3v) is 7.96. The third kappa shape index (κ3) is 4.53. The molecule has 30 heavy (non-hydrogen) atoms. The van der Waals surface area contributed by atoms with Crippen molar-refractivity contribution in [1.29, 1.82) is 10.5 Å². The number of nitriles is 2. The molecular formula is C23H24N4OS2. The standard InChI is InChI=1S/C23H24N4OS2/c24-12-16-11-15-7-5-6-9-19(15)26-22(16)29-14-21(28)27-23-18(13-25)17-8-3-1-2-4-10-20(17)30-23/h11H,1-10,14H2,(H,27,28). The Hall–Kier alpha value is -2.35. The van der Waals surface area contributed by atoms with Crippen LogP contribution in [0.15, 0.2) is 11.1 Å². The molecule has 2 aromatic heterocycles. The first-order chi connectivity index (χ1) is 14.7. The quantitative estimate of drug-likeness (QED) is 0.669. The molecule has 4 rings (SSSR count). The van der Waals surface area contributed by atoms with Gasteiger partial charge in [-0.1, -0.05) is 24.6 Å². The normalized spacial score (nSPS) is 15.7. The maximum absolute atomic E-state index is 12.6. The van der Waals surface area contributed by atoms with Gasteiger partial charge in [-0.15, -0.1) is 11.3 Å². The highest BCUT2D eigenvalue weighted by Crippen LogP contribution is 2.37. The minimum Gasteiger partial charge on any atom is -0.316 e. The van der Waals surface area contributed by atoms with Crippen molar-refractivity contribution in [3.05, 3.63) is 38.9 Å². The van der Waals surface area contributed by atoms with Crippen molar-refractivity contribution in [2.75, 3.05) is 11.1 Å². The molecule has 0 saturated heterocycles. The molecule has 2 aliphatic rings. The molecule has 2 aromatic rings. The van der Waals surface area contributed by atoms with E-state index in [1.54, 1.807) is 11.3 Å². The summed E-state index contributed by atoms with van der Waals surface area (Å²) in [5, 5.41) is 23.4. The Labute approximate surface area is 185 Å². The number of hydrogen-bond donors (Lipinski definition) is 1. The number of nitrogens with one attached hydrogen (secondary N) is 1. The van der Waals surface area contributed by atoms with Crippen molar-refractivity contribution < 1.29 is 4.79 Å². The predicted molar refractivity (Wildman–Crippen MR) is 120 cm³/mol. The Morgan fingerprint density at radius 3 is 2.63 bits per heavy atom. The molecule has 0 aromatic carbocycles. The number of carbonyl (C=O) groups is 1. The maximum atomic E-state index is 12.6. The van der Waals surface area contributed by atoms with Crippen molar-refractivity contribution in [2.24, 2.45) is 0 Å². The summed E-state index contributed by atoms with van der Waals surface area (Å²) in [5.41, 5.74) is 4.55. The lowest BCUT2D eigenvalue weighted by Crippen LogP contribution is -2.15. The summed E-state index contributed by atoms with van der Waals surface area (Å²) in [6.45, 7) is 0. The molecule has 0 fully saturated rings. The minimum atomic E-state index is -0.158. The van der Waals surface area contributed by atoms with Crippen LogP contribution in [0, 0.1) is 22.7 Å². The molecule has 154 valence electrons. The first kappa shape index (κ1) is 20.9. The van der Waals surface area contributed by atoms with Gasteiger partial charge in [0.05, 0.1) is 16.9 Å². The predicted octanol–water partition coefficient (Wildman–Crippen LogP) is 5.16. The molecule has 0 atom stereocenters. The maximum Gasteiger partial charge on any atom is 0.235 e. The number of hydrogen-bond acceptors (Lipinski definition) is 6. The zero-order chi connectivity index (χ0) is 20.9. The van der Waals surface area contributed by atoms with Crippen molar-refractivity contribution in [3.63, 3.8) is 0 Å². The van der Waals surface area contributed by atoms with Gasteiger partial charge in [-0.25, -0.2) is 4.98 Å². The van der Waals surface area contributed by atoms with E-state index in [9.17, 15) is 15.3 Å². The molecule has 2 heterocycles. The van der Waals surface area contributed by atoms with Crippen molar-refractivity contribution in [1.82, 2.24) is 4.98 Å². The number of rotatable bonds is 4. The van der Waals surface area contributed by atoms with Gasteiger partial charge in [0.25, 0.3) is 0 Å². The lowest BCUT2D eigenvalue weighted by molar-refractivity contribution is -0.113. The first-order valence-electron chi connectivity index (χ1n) is 10.6. The van der Waals surface area contributed by atoms with E-state index in [0.29, 0.717) is 21.2 Å². The summed E-state index contributed by atoms with van der Waals surface area (Å²) in [5.74, 6) is 0.0163. The van der Waals surface area contributed by atoms with Gasteiger partial charge in [0.2, 0.25) is 5.91 Å². The van der Waals surface area contributed by atoms with Crippen LogP contribution in [0.3, 0.4) is 0 Å². The molecule has 0 aliphatic heterocycles. The number of carbonyl (C=O) groups excluding carboxylic acids is 1. The van der Waals surface area contributed by atoms with E-state index in [1.807, 2.05) is 6.07 Å². The Morgan fingerprint density at radius 1 is 1.07 bits per heavy atom. The van der Waals surface area contributed by atoms with Crippen LogP contribution in [0.2, 0.25) is 0 Å². The average Bonchev–Trinajstić information content (AvgIpc) is 3.06. The lowest BCUT2D eigenvalue weighted by atomic mass is 9.95. The summed E-state index contributed by atoms with van der Waals surface area (Å²) in [7, 11) is 0. The summed E-state index contributed by atoms with van der Waals surface area (Å²) in [6.07, 6.45) is 10.8. The lowest BCUT2D eigenvalue weighted by Gasteiger charge is -2.16. The summed E-state index contributed by atoms with van der Waals surface area (Å²) in [4.78, 5) is 18.6. The molecular weight excluding hydrogens is 412 g/mol. The molecule has 5 nitrogen and oxygen atoms in total. The molecule has 0 bridgehead atoms. The van der Waals surface area contributed by atoms with Crippen LogP contribution in [0.4, 0.5) is 5.00 Å². The third-order valence-electron chi connectivity index (χ3n) is 5.76. The largest absolute Gasteiger partial charge is 0.316 e. The molecule has 0 spiro atoms. The Bertz CT molecular complexity index is 1040. The number of thioether (sulfide) groups is 1. The number of pyridine rings is 1. The van der Waals surface area contributed by atoms with Gasteiger partial charge in [0.15, 0.2) is 0 Å². The highest BCUT2D eigenvalue weighted by molar-refractivity contribution is 8.00. The van der Waals surface area contributed by atoms with Gasteiger partial charge in [-0.3, -0.25) is 4.79 Å². The van der Waals surface area contributed by atoms with Gasteiger partial charge in [-0.2, -0.15) is 10.5 Å². The summed E-state index contributed by atoms with van der Waals surface area (Å²) in [6, 6.07) is 6.48. The number of nitrogens with zero attached hydrogens (tertiary/aromatic N) is 3. The average molecular weight is 437 g/mol. The SMILES string of the molecule is N#Cc1cc2c(nc1SCC(=O)Nc1sc3c(c1C#N)CCCCCC3)CCCC2. The van der Waals surface area contributed by atoms with E-state index >= 15 is 0 Å². The Balaban J connectivity index is 1.47. The number of amides is 1. The van der Waals surface area contributed by atoms with Crippen molar-refractivity contribution in [2.45, 2.75) is 69.2 Å². The topological polar surface area (TPSA) is 89.6 Å². The van der Waals surface area contributed by atoms with Crippen LogP contribution in [-0.2, 0) is 30.5 Å². The zero-order valence-electron chi connectivity index (χ0n) is 16.9. The van der Waals surface area contributed by atoms with Gasteiger partial charge >= 0.3 is 0 Å². The number of anilines is 1. The molecule has 2 aliphatic carbocycles. The van der Waals surface area contributed by atoms with Gasteiger partial charge in [0, 0.05) is 10.6 Å². The molecule has 0 radical (unpaired) electrons. The van der Waals surface area contributed by atoms with Gasteiger partial charge < -0.3 is 5.32 Å². The highest BCUT2D eigenvalue weighted by Gasteiger charge is 2.21. The van der Waals surface area contributed by atoms with Crippen LogP contribution in [0.5, 0.6) is 0 Å². The second kappa shape index (κ2) is 9.64. The Morgan fingerprint density at radius 2 is 1.83 bits per heavy atom. The minimum absolute atomic E-state index is 0.158. The van der Waals surface area contributed by atoms with E-state index < -0.39 is 0 Å². The van der Waals surface area contributed by atoms with E-state index in [2.05, 4.69) is 22.4 Å². The second-order valence-electron chi connectivity index (χ2n) is 7.84. The summed E-state index contributed by atoms with van der Waals surface area (Å²) < 4.78 is 0. The highest BCUT2D eigenvalue weighted by atomic mass is 32.2. The van der Waals surface area contributed by atoms with Crippen LogP contribution in [-0.4, -0.2) is 16.6 Å². The van der Waals surface area contributed by atoms with E-state index in [4.69, 9.17) is 0 Å². The van der Waals surface area contributed by atoms with Gasteiger partial charge in [-0.05, 0) is 68.6 Å². The number of fused-ring (bicyclic) bond motifs is 2. The van der Waals surface area contributed by atoms with E-state index in [-0.39, 0.29) is 11.7 Å². The molecule has 0 unspecified atom stereocenters. The van der Waals surface area contributed by atoms with Crippen LogP contribution in [0.1, 0.15) is 71.3 Å². The Kier molecular flexibility index (Phi) is 6.72.